The van der Waals surface area contributed by atoms with Crippen molar-refractivity contribution >= 4 is 11.6 Å². The molecular formula is C12H15ClFN. The Kier molecular flexibility index (Phi) is 3.27. The smallest absolute Gasteiger partial charge is 0.129 e. The summed E-state index contributed by atoms with van der Waals surface area (Å²) in [5.41, 5.74) is 0.633. The Morgan fingerprint density at radius 2 is 2.33 bits per heavy atom. The van der Waals surface area contributed by atoms with E-state index in [1.807, 2.05) is 0 Å². The van der Waals surface area contributed by atoms with Gasteiger partial charge < -0.3 is 0 Å². The van der Waals surface area contributed by atoms with E-state index in [0.29, 0.717) is 17.1 Å². The van der Waals surface area contributed by atoms with E-state index in [-0.39, 0.29) is 5.82 Å². The first-order valence-electron chi connectivity index (χ1n) is 5.32. The first-order valence-corrected chi connectivity index (χ1v) is 5.70. The Hall–Kier alpha value is -0.600. The van der Waals surface area contributed by atoms with Gasteiger partial charge in [0.1, 0.15) is 5.82 Å². The Labute approximate surface area is 94.8 Å². The third-order valence-corrected chi connectivity index (χ3v) is 3.31. The number of hydrogen-bond donors (Lipinski definition) is 0. The van der Waals surface area contributed by atoms with Gasteiger partial charge in [0.25, 0.3) is 0 Å². The quantitative estimate of drug-likeness (QED) is 0.749. The molecular weight excluding hydrogens is 213 g/mol. The van der Waals surface area contributed by atoms with E-state index in [1.54, 1.807) is 12.1 Å². The Balaban J connectivity index is 2.10. The molecule has 3 heteroatoms. The molecule has 1 nitrogen and oxygen atoms in total. The number of nitrogens with zero attached hydrogens (tertiary/aromatic N) is 1. The second-order valence-corrected chi connectivity index (χ2v) is 4.74. The van der Waals surface area contributed by atoms with Gasteiger partial charge in [-0.15, -0.1) is 0 Å². The largest absolute Gasteiger partial charge is 0.299 e. The van der Waals surface area contributed by atoms with Crippen molar-refractivity contribution in [2.45, 2.75) is 19.9 Å². The third kappa shape index (κ3) is 2.50. The van der Waals surface area contributed by atoms with Crippen LogP contribution in [0.1, 0.15) is 18.9 Å². The minimum absolute atomic E-state index is 0.193. The molecule has 1 aliphatic rings. The minimum Gasteiger partial charge on any atom is -0.299 e. The van der Waals surface area contributed by atoms with Crippen molar-refractivity contribution in [3.05, 3.63) is 34.6 Å². The van der Waals surface area contributed by atoms with Crippen LogP contribution in [0.3, 0.4) is 0 Å². The summed E-state index contributed by atoms with van der Waals surface area (Å²) in [6.45, 7) is 4.95. The lowest BCUT2D eigenvalue weighted by Crippen LogP contribution is -2.20. The van der Waals surface area contributed by atoms with Crippen LogP contribution in [0.15, 0.2) is 18.2 Å². The number of halogens is 2. The van der Waals surface area contributed by atoms with Crippen LogP contribution in [-0.4, -0.2) is 18.0 Å². The van der Waals surface area contributed by atoms with E-state index in [4.69, 9.17) is 11.6 Å². The molecule has 82 valence electrons. The van der Waals surface area contributed by atoms with Crippen molar-refractivity contribution in [1.29, 1.82) is 0 Å². The molecule has 0 bridgehead atoms. The normalized spacial score (nSPS) is 22.2. The second-order valence-electron chi connectivity index (χ2n) is 4.33. The molecule has 0 amide bonds. The van der Waals surface area contributed by atoms with E-state index < -0.39 is 0 Å². The number of benzene rings is 1. The van der Waals surface area contributed by atoms with Crippen LogP contribution in [0.5, 0.6) is 0 Å². The summed E-state index contributed by atoms with van der Waals surface area (Å²) in [6, 6.07) is 4.87. The minimum atomic E-state index is -0.193. The van der Waals surface area contributed by atoms with Crippen molar-refractivity contribution in [3.8, 4) is 0 Å². The molecule has 1 fully saturated rings. The van der Waals surface area contributed by atoms with Crippen molar-refractivity contribution in [2.24, 2.45) is 5.92 Å². The SMILES string of the molecule is C[C@@H]1CCN(Cc2c(F)cccc2Cl)C1. The molecule has 0 N–H and O–H groups in total. The van der Waals surface area contributed by atoms with Crippen LogP contribution in [0.2, 0.25) is 5.02 Å². The molecule has 1 aliphatic heterocycles. The van der Waals surface area contributed by atoms with Gasteiger partial charge in [-0.1, -0.05) is 24.6 Å². The maximum atomic E-state index is 13.5. The van der Waals surface area contributed by atoms with Gasteiger partial charge in [-0.2, -0.15) is 0 Å². The van der Waals surface area contributed by atoms with E-state index in [1.165, 1.54) is 12.5 Å². The fourth-order valence-electron chi connectivity index (χ4n) is 2.08. The van der Waals surface area contributed by atoms with Crippen LogP contribution >= 0.6 is 11.6 Å². The molecule has 0 aliphatic carbocycles. The zero-order chi connectivity index (χ0) is 10.8. The Morgan fingerprint density at radius 3 is 2.93 bits per heavy atom. The summed E-state index contributed by atoms with van der Waals surface area (Å²) in [7, 11) is 0. The molecule has 1 saturated heterocycles. The van der Waals surface area contributed by atoms with Crippen LogP contribution in [-0.2, 0) is 6.54 Å². The molecule has 1 aromatic rings. The highest BCUT2D eigenvalue weighted by Crippen LogP contribution is 2.24. The van der Waals surface area contributed by atoms with Crippen molar-refractivity contribution in [1.82, 2.24) is 4.90 Å². The molecule has 0 saturated carbocycles. The van der Waals surface area contributed by atoms with Crippen molar-refractivity contribution in [2.75, 3.05) is 13.1 Å². The van der Waals surface area contributed by atoms with Crippen molar-refractivity contribution in [3.63, 3.8) is 0 Å². The number of hydrogen-bond acceptors (Lipinski definition) is 1. The van der Waals surface area contributed by atoms with E-state index >= 15 is 0 Å². The van der Waals surface area contributed by atoms with Gasteiger partial charge in [0.15, 0.2) is 0 Å². The predicted octanol–water partition coefficient (Wildman–Crippen LogP) is 3.32. The first-order chi connectivity index (χ1) is 7.16. The maximum absolute atomic E-state index is 13.5. The van der Waals surface area contributed by atoms with Gasteiger partial charge in [-0.05, 0) is 31.0 Å². The zero-order valence-corrected chi connectivity index (χ0v) is 9.60. The van der Waals surface area contributed by atoms with E-state index in [2.05, 4.69) is 11.8 Å². The molecule has 2 rings (SSSR count). The summed E-state index contributed by atoms with van der Waals surface area (Å²) in [6.07, 6.45) is 1.20. The summed E-state index contributed by atoms with van der Waals surface area (Å²) < 4.78 is 13.5. The average molecular weight is 228 g/mol. The summed E-state index contributed by atoms with van der Waals surface area (Å²) in [5, 5.41) is 0.537. The van der Waals surface area contributed by atoms with Gasteiger partial charge in [-0.25, -0.2) is 4.39 Å². The summed E-state index contributed by atoms with van der Waals surface area (Å²) in [5.74, 6) is 0.526. The van der Waals surface area contributed by atoms with E-state index in [0.717, 1.165) is 19.0 Å². The second kappa shape index (κ2) is 4.50. The summed E-state index contributed by atoms with van der Waals surface area (Å²) >= 11 is 5.98. The molecule has 0 spiro atoms. The maximum Gasteiger partial charge on any atom is 0.129 e. The monoisotopic (exact) mass is 227 g/mol. The lowest BCUT2D eigenvalue weighted by molar-refractivity contribution is 0.315. The number of rotatable bonds is 2. The predicted molar refractivity (Wildman–Crippen MR) is 60.5 cm³/mol. The Bertz CT molecular complexity index is 333. The van der Waals surface area contributed by atoms with Gasteiger partial charge >= 0.3 is 0 Å². The highest BCUT2D eigenvalue weighted by atomic mass is 35.5. The standard InChI is InChI=1S/C12H15ClFN/c1-9-5-6-15(7-9)8-10-11(13)3-2-4-12(10)14/h2-4,9H,5-8H2,1H3/t9-/m1/s1. The lowest BCUT2D eigenvalue weighted by Gasteiger charge is -2.16. The van der Waals surface area contributed by atoms with Gasteiger partial charge in [0.05, 0.1) is 0 Å². The zero-order valence-electron chi connectivity index (χ0n) is 8.84. The summed E-state index contributed by atoms with van der Waals surface area (Å²) in [4.78, 5) is 2.26. The van der Waals surface area contributed by atoms with E-state index in [9.17, 15) is 4.39 Å². The Morgan fingerprint density at radius 1 is 1.53 bits per heavy atom. The lowest BCUT2D eigenvalue weighted by atomic mass is 10.2. The highest BCUT2D eigenvalue weighted by Gasteiger charge is 2.20. The fourth-order valence-corrected chi connectivity index (χ4v) is 2.30. The molecule has 0 unspecified atom stereocenters. The van der Waals surface area contributed by atoms with Gasteiger partial charge in [-0.3, -0.25) is 4.90 Å². The molecule has 1 aromatic carbocycles. The van der Waals surface area contributed by atoms with Crippen molar-refractivity contribution < 1.29 is 4.39 Å². The average Bonchev–Trinajstić information content (AvgIpc) is 2.58. The molecule has 1 heterocycles. The third-order valence-electron chi connectivity index (χ3n) is 2.95. The molecule has 1 atom stereocenters. The molecule has 0 aromatic heterocycles. The molecule has 0 radical (unpaired) electrons. The molecule has 15 heavy (non-hydrogen) atoms. The first kappa shape index (κ1) is 10.9. The van der Waals surface area contributed by atoms with Crippen LogP contribution < -0.4 is 0 Å². The fraction of sp³-hybridized carbons (Fsp3) is 0.500. The highest BCUT2D eigenvalue weighted by molar-refractivity contribution is 6.31. The van der Waals surface area contributed by atoms with Crippen LogP contribution in [0, 0.1) is 11.7 Å². The van der Waals surface area contributed by atoms with Gasteiger partial charge in [0.2, 0.25) is 0 Å². The van der Waals surface area contributed by atoms with Crippen LogP contribution in [0.4, 0.5) is 4.39 Å². The number of likely N-dealkylation sites (tertiary alicyclic amines) is 1. The topological polar surface area (TPSA) is 3.24 Å². The van der Waals surface area contributed by atoms with Crippen LogP contribution in [0.25, 0.3) is 0 Å². The van der Waals surface area contributed by atoms with Gasteiger partial charge in [0, 0.05) is 23.7 Å².